The zero-order valence-corrected chi connectivity index (χ0v) is 7.01. The van der Waals surface area contributed by atoms with Crippen molar-refractivity contribution in [2.24, 2.45) is 0 Å². The maximum absolute atomic E-state index is 5.76. The lowest BCUT2D eigenvalue weighted by atomic mass is 9.80. The van der Waals surface area contributed by atoms with Crippen molar-refractivity contribution in [2.45, 2.75) is 25.2 Å². The molecule has 0 aliphatic heterocycles. The lowest BCUT2D eigenvalue weighted by molar-refractivity contribution is 0.419. The Morgan fingerprint density at radius 1 is 1.45 bits per heavy atom. The highest BCUT2D eigenvalue weighted by Gasteiger charge is 2.19. The predicted molar refractivity (Wildman–Crippen MR) is 45.8 cm³/mol. The molecule has 1 heterocycles. The second kappa shape index (κ2) is 2.82. The number of pyridine rings is 1. The highest BCUT2D eigenvalue weighted by Crippen LogP contribution is 2.36. The van der Waals surface area contributed by atoms with E-state index in [0.29, 0.717) is 5.15 Å². The Hall–Kier alpha value is -0.560. The molecule has 2 rings (SSSR count). The Balaban J connectivity index is 2.23. The monoisotopic (exact) mass is 167 g/mol. The third kappa shape index (κ3) is 1.38. The highest BCUT2D eigenvalue weighted by atomic mass is 35.5. The molecule has 1 saturated carbocycles. The highest BCUT2D eigenvalue weighted by molar-refractivity contribution is 6.29. The van der Waals surface area contributed by atoms with Gasteiger partial charge in [0.15, 0.2) is 0 Å². The SMILES string of the molecule is Clc1cc(C2CCC2)ccn1. The van der Waals surface area contributed by atoms with E-state index in [2.05, 4.69) is 11.1 Å². The van der Waals surface area contributed by atoms with Gasteiger partial charge in [-0.2, -0.15) is 0 Å². The first-order valence-electron chi connectivity index (χ1n) is 3.98. The Morgan fingerprint density at radius 3 is 2.82 bits per heavy atom. The Kier molecular flexibility index (Phi) is 1.82. The molecule has 1 nitrogen and oxygen atoms in total. The van der Waals surface area contributed by atoms with Crippen LogP contribution in [0, 0.1) is 0 Å². The van der Waals surface area contributed by atoms with Crippen LogP contribution in [-0.4, -0.2) is 4.98 Å². The van der Waals surface area contributed by atoms with E-state index in [4.69, 9.17) is 11.6 Å². The van der Waals surface area contributed by atoms with Crippen molar-refractivity contribution in [3.8, 4) is 0 Å². The van der Waals surface area contributed by atoms with Gasteiger partial charge in [-0.1, -0.05) is 18.0 Å². The van der Waals surface area contributed by atoms with Crippen molar-refractivity contribution < 1.29 is 0 Å². The molecule has 0 saturated heterocycles. The van der Waals surface area contributed by atoms with Crippen LogP contribution in [-0.2, 0) is 0 Å². The molecular formula is C9H10ClN. The maximum atomic E-state index is 5.76. The van der Waals surface area contributed by atoms with Gasteiger partial charge in [0.25, 0.3) is 0 Å². The summed E-state index contributed by atoms with van der Waals surface area (Å²) in [5, 5.41) is 0.620. The van der Waals surface area contributed by atoms with Crippen LogP contribution in [0.15, 0.2) is 18.3 Å². The molecule has 0 aromatic carbocycles. The molecule has 0 spiro atoms. The molecule has 0 atom stereocenters. The van der Waals surface area contributed by atoms with E-state index >= 15 is 0 Å². The molecule has 1 aromatic heterocycles. The predicted octanol–water partition coefficient (Wildman–Crippen LogP) is 3.00. The number of rotatable bonds is 1. The van der Waals surface area contributed by atoms with E-state index in [9.17, 15) is 0 Å². The van der Waals surface area contributed by atoms with Gasteiger partial charge in [-0.3, -0.25) is 0 Å². The molecule has 58 valence electrons. The van der Waals surface area contributed by atoms with E-state index in [1.807, 2.05) is 6.07 Å². The molecule has 1 aliphatic carbocycles. The van der Waals surface area contributed by atoms with E-state index in [-0.39, 0.29) is 0 Å². The molecule has 1 aliphatic rings. The molecule has 0 N–H and O–H groups in total. The van der Waals surface area contributed by atoms with Gasteiger partial charge < -0.3 is 0 Å². The molecule has 2 heteroatoms. The second-order valence-electron chi connectivity index (χ2n) is 3.04. The molecule has 0 amide bonds. The Bertz CT molecular complexity index is 255. The number of hydrogen-bond acceptors (Lipinski definition) is 1. The fourth-order valence-corrected chi connectivity index (χ4v) is 1.60. The summed E-state index contributed by atoms with van der Waals surface area (Å²) in [6.07, 6.45) is 5.79. The van der Waals surface area contributed by atoms with Crippen LogP contribution in [0.2, 0.25) is 5.15 Å². The molecular weight excluding hydrogens is 158 g/mol. The minimum atomic E-state index is 0.620. The van der Waals surface area contributed by atoms with E-state index in [0.717, 1.165) is 5.92 Å². The summed E-state index contributed by atoms with van der Waals surface area (Å²) in [4.78, 5) is 3.95. The van der Waals surface area contributed by atoms with Crippen LogP contribution in [0.4, 0.5) is 0 Å². The largest absolute Gasteiger partial charge is 0.245 e. The lowest BCUT2D eigenvalue weighted by Gasteiger charge is -2.25. The smallest absolute Gasteiger partial charge is 0.129 e. The van der Waals surface area contributed by atoms with Crippen LogP contribution in [0.25, 0.3) is 0 Å². The van der Waals surface area contributed by atoms with Crippen LogP contribution in [0.3, 0.4) is 0 Å². The zero-order valence-electron chi connectivity index (χ0n) is 6.26. The molecule has 1 aromatic rings. The van der Waals surface area contributed by atoms with Gasteiger partial charge in [0.2, 0.25) is 0 Å². The van der Waals surface area contributed by atoms with Gasteiger partial charge in [-0.05, 0) is 36.5 Å². The minimum absolute atomic E-state index is 0.620. The quantitative estimate of drug-likeness (QED) is 0.586. The van der Waals surface area contributed by atoms with Gasteiger partial charge in [0.1, 0.15) is 5.15 Å². The summed E-state index contributed by atoms with van der Waals surface area (Å²) >= 11 is 5.76. The van der Waals surface area contributed by atoms with E-state index in [1.165, 1.54) is 24.8 Å². The van der Waals surface area contributed by atoms with Crippen molar-refractivity contribution in [2.75, 3.05) is 0 Å². The normalized spacial score (nSPS) is 17.9. The molecule has 11 heavy (non-hydrogen) atoms. The fraction of sp³-hybridized carbons (Fsp3) is 0.444. The standard InChI is InChI=1S/C9H10ClN/c10-9-6-8(4-5-11-9)7-2-1-3-7/h4-7H,1-3H2. The third-order valence-electron chi connectivity index (χ3n) is 2.33. The van der Waals surface area contributed by atoms with Gasteiger partial charge in [-0.25, -0.2) is 4.98 Å². The number of nitrogens with zero attached hydrogens (tertiary/aromatic N) is 1. The number of hydrogen-bond donors (Lipinski definition) is 0. The number of halogens is 1. The molecule has 0 unspecified atom stereocenters. The van der Waals surface area contributed by atoms with Crippen LogP contribution in [0.5, 0.6) is 0 Å². The van der Waals surface area contributed by atoms with E-state index < -0.39 is 0 Å². The zero-order chi connectivity index (χ0) is 7.68. The molecule has 0 radical (unpaired) electrons. The van der Waals surface area contributed by atoms with Crippen molar-refractivity contribution in [1.29, 1.82) is 0 Å². The van der Waals surface area contributed by atoms with Crippen molar-refractivity contribution in [3.05, 3.63) is 29.0 Å². The van der Waals surface area contributed by atoms with Crippen LogP contribution >= 0.6 is 11.6 Å². The van der Waals surface area contributed by atoms with Gasteiger partial charge in [-0.15, -0.1) is 0 Å². The van der Waals surface area contributed by atoms with Crippen LogP contribution < -0.4 is 0 Å². The van der Waals surface area contributed by atoms with Gasteiger partial charge >= 0.3 is 0 Å². The summed E-state index contributed by atoms with van der Waals surface area (Å²) in [6, 6.07) is 4.04. The summed E-state index contributed by atoms with van der Waals surface area (Å²) in [7, 11) is 0. The number of aromatic nitrogens is 1. The first kappa shape index (κ1) is 7.11. The van der Waals surface area contributed by atoms with Gasteiger partial charge in [0, 0.05) is 6.20 Å². The minimum Gasteiger partial charge on any atom is -0.245 e. The third-order valence-corrected chi connectivity index (χ3v) is 2.53. The lowest BCUT2D eigenvalue weighted by Crippen LogP contribution is -2.08. The van der Waals surface area contributed by atoms with Crippen molar-refractivity contribution in [3.63, 3.8) is 0 Å². The summed E-state index contributed by atoms with van der Waals surface area (Å²) < 4.78 is 0. The van der Waals surface area contributed by atoms with E-state index in [1.54, 1.807) is 6.20 Å². The average molecular weight is 168 g/mol. The van der Waals surface area contributed by atoms with Crippen molar-refractivity contribution in [1.82, 2.24) is 4.98 Å². The topological polar surface area (TPSA) is 12.9 Å². The first-order chi connectivity index (χ1) is 5.36. The average Bonchev–Trinajstić information content (AvgIpc) is 1.83. The molecule has 1 fully saturated rings. The summed E-state index contributed by atoms with van der Waals surface area (Å²) in [5.74, 6) is 0.760. The molecule has 0 bridgehead atoms. The van der Waals surface area contributed by atoms with Crippen molar-refractivity contribution >= 4 is 11.6 Å². The fourth-order valence-electron chi connectivity index (χ4n) is 1.41. The Labute approximate surface area is 71.4 Å². The first-order valence-corrected chi connectivity index (χ1v) is 4.35. The summed E-state index contributed by atoms with van der Waals surface area (Å²) in [5.41, 5.74) is 1.36. The Morgan fingerprint density at radius 2 is 2.27 bits per heavy atom. The maximum Gasteiger partial charge on any atom is 0.129 e. The van der Waals surface area contributed by atoms with Gasteiger partial charge in [0.05, 0.1) is 0 Å². The van der Waals surface area contributed by atoms with Crippen LogP contribution in [0.1, 0.15) is 30.7 Å². The summed E-state index contributed by atoms with van der Waals surface area (Å²) in [6.45, 7) is 0. The second-order valence-corrected chi connectivity index (χ2v) is 3.43.